The minimum atomic E-state index is -0.415. The average molecular weight is 255 g/mol. The number of carbonyl (C=O) groups excluding carboxylic acids is 2. The molecule has 1 aliphatic heterocycles. The summed E-state index contributed by atoms with van der Waals surface area (Å²) in [4.78, 5) is 28.8. The van der Waals surface area contributed by atoms with E-state index in [2.05, 4.69) is 0 Å². The Balaban J connectivity index is 2.12. The lowest BCUT2D eigenvalue weighted by Crippen LogP contribution is -2.33. The van der Waals surface area contributed by atoms with Gasteiger partial charge in [0.05, 0.1) is 12.5 Å². The van der Waals surface area contributed by atoms with E-state index >= 15 is 0 Å². The average Bonchev–Trinajstić information content (AvgIpc) is 2.56. The Morgan fingerprint density at radius 3 is 3.00 bits per heavy atom. The largest absolute Gasteiger partial charge is 0.456 e. The van der Waals surface area contributed by atoms with E-state index in [-0.39, 0.29) is 17.1 Å². The van der Waals surface area contributed by atoms with Gasteiger partial charge in [0.1, 0.15) is 0 Å². The zero-order valence-corrected chi connectivity index (χ0v) is 10.3. The first kappa shape index (κ1) is 12.0. The van der Waals surface area contributed by atoms with Gasteiger partial charge in [-0.05, 0) is 26.2 Å². The molecule has 2 amide bonds. The van der Waals surface area contributed by atoms with Crippen LogP contribution in [0.5, 0.6) is 0 Å². The van der Waals surface area contributed by atoms with Gasteiger partial charge in [0, 0.05) is 17.8 Å². The summed E-state index contributed by atoms with van der Waals surface area (Å²) in [5.74, 6) is -1.12. The number of imide groups is 1. The minimum absolute atomic E-state index is 0.201. The van der Waals surface area contributed by atoms with Crippen LogP contribution in [0.3, 0.4) is 0 Å². The molecule has 0 radical (unpaired) electrons. The lowest BCUT2D eigenvalue weighted by atomic mass is 9.90. The van der Waals surface area contributed by atoms with E-state index < -0.39 is 5.91 Å². The molecule has 0 N–H and O–H groups in total. The summed E-state index contributed by atoms with van der Waals surface area (Å²) in [5.41, 5.74) is 0.528. The molecule has 1 unspecified atom stereocenters. The molecule has 1 fully saturated rings. The summed E-state index contributed by atoms with van der Waals surface area (Å²) in [7, 11) is 0. The summed E-state index contributed by atoms with van der Waals surface area (Å²) in [6.45, 7) is 2.08. The lowest BCUT2D eigenvalue weighted by molar-refractivity contribution is -0.170. The summed E-state index contributed by atoms with van der Waals surface area (Å²) in [6, 6.07) is 0. The third-order valence-electron chi connectivity index (χ3n) is 2.79. The first-order valence-corrected chi connectivity index (χ1v) is 5.99. The lowest BCUT2D eigenvalue weighted by Gasteiger charge is -2.14. The number of allylic oxidation sites excluding steroid dienone is 1. The van der Waals surface area contributed by atoms with Crippen molar-refractivity contribution in [2.45, 2.75) is 26.2 Å². The molecule has 1 heterocycles. The van der Waals surface area contributed by atoms with Crippen LogP contribution in [-0.2, 0) is 19.2 Å². The number of nitrogens with zero attached hydrogens (tertiary/aromatic N) is 1. The molecule has 2 aliphatic rings. The molecule has 0 aromatic heterocycles. The number of rotatable bonds is 2. The van der Waals surface area contributed by atoms with Crippen LogP contribution in [-0.4, -0.2) is 28.7 Å². The van der Waals surface area contributed by atoms with Crippen molar-refractivity contribution in [3.8, 4) is 0 Å². The fourth-order valence-electron chi connectivity index (χ4n) is 2.03. The third-order valence-corrected chi connectivity index (χ3v) is 2.99. The molecule has 1 saturated heterocycles. The van der Waals surface area contributed by atoms with Crippen LogP contribution in [0.2, 0.25) is 0 Å². The fraction of sp³-hybridized carbons (Fsp3) is 0.545. The Labute approximate surface area is 104 Å². The number of amides is 2. The van der Waals surface area contributed by atoms with E-state index in [1.165, 1.54) is 0 Å². The molecule has 17 heavy (non-hydrogen) atoms. The van der Waals surface area contributed by atoms with Gasteiger partial charge >= 0.3 is 5.24 Å². The predicted octanol–water partition coefficient (Wildman–Crippen LogP) is 1.33. The van der Waals surface area contributed by atoms with Crippen molar-refractivity contribution in [1.29, 1.82) is 0 Å². The van der Waals surface area contributed by atoms with Crippen molar-refractivity contribution in [2.75, 3.05) is 6.61 Å². The summed E-state index contributed by atoms with van der Waals surface area (Å²) >= 11 is 4.75. The van der Waals surface area contributed by atoms with Crippen LogP contribution < -0.4 is 0 Å². The second kappa shape index (κ2) is 4.83. The number of thiocarbonyl (C=S) groups is 1. The molecule has 2 rings (SSSR count). The Kier molecular flexibility index (Phi) is 3.42. The standard InChI is InChI=1S/C11H13NO4S/c1-2-15-11(17)16-12-9(13)7-5-3-4-6-8(7)10(12)14/h5,8H,2-4,6H2,1H3. The molecule has 0 aromatic carbocycles. The van der Waals surface area contributed by atoms with E-state index in [4.69, 9.17) is 21.8 Å². The molecule has 92 valence electrons. The zero-order chi connectivity index (χ0) is 12.4. The smallest absolute Gasteiger partial charge is 0.378 e. The van der Waals surface area contributed by atoms with E-state index in [1.807, 2.05) is 6.08 Å². The van der Waals surface area contributed by atoms with Crippen LogP contribution in [0.15, 0.2) is 11.6 Å². The number of ether oxygens (including phenoxy) is 1. The molecule has 0 bridgehead atoms. The van der Waals surface area contributed by atoms with Crippen LogP contribution in [0.4, 0.5) is 0 Å². The van der Waals surface area contributed by atoms with E-state index in [9.17, 15) is 9.59 Å². The molecule has 6 heteroatoms. The normalized spacial score (nSPS) is 23.2. The third kappa shape index (κ3) is 2.17. The van der Waals surface area contributed by atoms with Gasteiger partial charge in [-0.3, -0.25) is 9.59 Å². The summed E-state index contributed by atoms with van der Waals surface area (Å²) in [5, 5.41) is 0.522. The highest BCUT2D eigenvalue weighted by Gasteiger charge is 2.46. The predicted molar refractivity (Wildman–Crippen MR) is 62.6 cm³/mol. The van der Waals surface area contributed by atoms with Crippen molar-refractivity contribution in [2.24, 2.45) is 5.92 Å². The minimum Gasteiger partial charge on any atom is -0.456 e. The van der Waals surface area contributed by atoms with Gasteiger partial charge in [0.25, 0.3) is 11.8 Å². The number of hydrogen-bond acceptors (Lipinski definition) is 5. The van der Waals surface area contributed by atoms with Crippen molar-refractivity contribution >= 4 is 29.3 Å². The molecular weight excluding hydrogens is 242 g/mol. The Hall–Kier alpha value is -1.43. The van der Waals surface area contributed by atoms with Crippen LogP contribution in [0.25, 0.3) is 0 Å². The first-order valence-electron chi connectivity index (χ1n) is 5.58. The van der Waals surface area contributed by atoms with Gasteiger partial charge in [-0.2, -0.15) is 0 Å². The van der Waals surface area contributed by atoms with Gasteiger partial charge in [-0.15, -0.1) is 0 Å². The number of carbonyl (C=O) groups is 2. The maximum atomic E-state index is 11.9. The van der Waals surface area contributed by atoms with Gasteiger partial charge in [-0.1, -0.05) is 11.1 Å². The van der Waals surface area contributed by atoms with Crippen molar-refractivity contribution in [3.05, 3.63) is 11.6 Å². The molecule has 0 saturated carbocycles. The second-order valence-electron chi connectivity index (χ2n) is 3.86. The van der Waals surface area contributed by atoms with Gasteiger partial charge in [0.15, 0.2) is 0 Å². The highest BCUT2D eigenvalue weighted by molar-refractivity contribution is 7.79. The molecule has 1 atom stereocenters. The maximum absolute atomic E-state index is 11.9. The van der Waals surface area contributed by atoms with Crippen LogP contribution >= 0.6 is 12.2 Å². The molecular formula is C11H13NO4S. The molecule has 1 aliphatic carbocycles. The van der Waals surface area contributed by atoms with Gasteiger partial charge < -0.3 is 9.57 Å². The molecule has 5 nitrogen and oxygen atoms in total. The zero-order valence-electron chi connectivity index (χ0n) is 9.47. The van der Waals surface area contributed by atoms with Gasteiger partial charge in [-0.25, -0.2) is 0 Å². The van der Waals surface area contributed by atoms with Gasteiger partial charge in [0.2, 0.25) is 0 Å². The van der Waals surface area contributed by atoms with Crippen LogP contribution in [0.1, 0.15) is 26.2 Å². The summed E-state index contributed by atoms with van der Waals surface area (Å²) in [6.07, 6.45) is 4.24. The van der Waals surface area contributed by atoms with E-state index in [1.54, 1.807) is 6.92 Å². The topological polar surface area (TPSA) is 55.8 Å². The highest BCUT2D eigenvalue weighted by Crippen LogP contribution is 2.34. The van der Waals surface area contributed by atoms with Crippen molar-refractivity contribution < 1.29 is 19.2 Å². The fourth-order valence-corrected chi connectivity index (χ4v) is 2.23. The maximum Gasteiger partial charge on any atom is 0.378 e. The van der Waals surface area contributed by atoms with Crippen molar-refractivity contribution in [3.63, 3.8) is 0 Å². The second-order valence-corrected chi connectivity index (χ2v) is 4.19. The monoisotopic (exact) mass is 255 g/mol. The Morgan fingerprint density at radius 2 is 2.35 bits per heavy atom. The number of hydrogen-bond donors (Lipinski definition) is 0. The van der Waals surface area contributed by atoms with E-state index in [0.29, 0.717) is 18.6 Å². The SMILES string of the molecule is CCOC(=S)ON1C(=O)C2=CCCCC2C1=O. The molecule has 0 spiro atoms. The number of hydroxylamine groups is 2. The quantitative estimate of drug-likeness (QED) is 0.550. The number of fused-ring (bicyclic) bond motifs is 1. The Bertz CT molecular complexity index is 404. The van der Waals surface area contributed by atoms with Crippen LogP contribution in [0, 0.1) is 5.92 Å². The van der Waals surface area contributed by atoms with E-state index in [0.717, 1.165) is 17.9 Å². The highest BCUT2D eigenvalue weighted by atomic mass is 32.1. The summed E-state index contributed by atoms with van der Waals surface area (Å²) < 4.78 is 4.90. The first-order chi connectivity index (χ1) is 8.15. The Morgan fingerprint density at radius 1 is 1.59 bits per heavy atom. The molecule has 0 aromatic rings. The van der Waals surface area contributed by atoms with Crippen molar-refractivity contribution in [1.82, 2.24) is 5.06 Å².